The van der Waals surface area contributed by atoms with E-state index in [2.05, 4.69) is 0 Å². The minimum absolute atomic E-state index is 0.00190. The molecule has 5 nitrogen and oxygen atoms in total. The van der Waals surface area contributed by atoms with Crippen LogP contribution in [0.3, 0.4) is 0 Å². The lowest BCUT2D eigenvalue weighted by Gasteiger charge is -2.29. The maximum atomic E-state index is 13.4. The van der Waals surface area contributed by atoms with Crippen molar-refractivity contribution in [1.29, 1.82) is 0 Å². The number of thioether (sulfide) groups is 1. The van der Waals surface area contributed by atoms with E-state index in [-0.39, 0.29) is 29.7 Å². The van der Waals surface area contributed by atoms with Crippen LogP contribution in [0, 0.1) is 5.82 Å². The van der Waals surface area contributed by atoms with Crippen molar-refractivity contribution in [2.75, 3.05) is 19.0 Å². The van der Waals surface area contributed by atoms with Gasteiger partial charge in [0.2, 0.25) is 5.91 Å². The lowest BCUT2D eigenvalue weighted by atomic mass is 10.2. The summed E-state index contributed by atoms with van der Waals surface area (Å²) in [6, 6.07) is 5.52. The first-order chi connectivity index (χ1) is 11.0. The van der Waals surface area contributed by atoms with Crippen LogP contribution in [0.2, 0.25) is 0 Å². The Balaban J connectivity index is 1.49. The zero-order valence-electron chi connectivity index (χ0n) is 12.8. The van der Waals surface area contributed by atoms with Crippen molar-refractivity contribution in [2.45, 2.75) is 30.7 Å². The molecule has 2 heterocycles. The molecule has 2 unspecified atom stereocenters. The summed E-state index contributed by atoms with van der Waals surface area (Å²) in [6.07, 6.45) is 1.24. The van der Waals surface area contributed by atoms with Crippen LogP contribution in [0.5, 0.6) is 5.75 Å². The van der Waals surface area contributed by atoms with Crippen LogP contribution >= 0.6 is 11.8 Å². The maximum absolute atomic E-state index is 13.4. The van der Waals surface area contributed by atoms with Crippen LogP contribution in [-0.2, 0) is 14.3 Å². The summed E-state index contributed by atoms with van der Waals surface area (Å²) in [5.74, 6) is -0.197. The highest BCUT2D eigenvalue weighted by molar-refractivity contribution is 8.01. The van der Waals surface area contributed by atoms with Gasteiger partial charge in [-0.15, -0.1) is 11.8 Å². The van der Waals surface area contributed by atoms with Crippen LogP contribution in [0.4, 0.5) is 4.39 Å². The Kier molecular flexibility index (Phi) is 4.48. The molecule has 7 heteroatoms. The van der Waals surface area contributed by atoms with Crippen molar-refractivity contribution in [3.05, 3.63) is 30.1 Å². The van der Waals surface area contributed by atoms with E-state index in [1.807, 2.05) is 6.92 Å². The molecule has 2 aliphatic rings. The Hall–Kier alpha value is -1.76. The second kappa shape index (κ2) is 6.39. The number of fused-ring (bicyclic) bond motifs is 1. The Morgan fingerprint density at radius 3 is 3.00 bits per heavy atom. The first-order valence-electron chi connectivity index (χ1n) is 7.51. The molecule has 2 atom stereocenters. The monoisotopic (exact) mass is 339 g/mol. The number of para-hydroxylation sites is 1. The number of hydrogen-bond donors (Lipinski definition) is 0. The fraction of sp³-hybridized carbons (Fsp3) is 0.500. The number of benzene rings is 1. The molecule has 2 aliphatic heterocycles. The van der Waals surface area contributed by atoms with Crippen molar-refractivity contribution < 1.29 is 23.5 Å². The molecule has 0 aromatic heterocycles. The molecule has 0 N–H and O–H groups in total. The average molecular weight is 339 g/mol. The number of nitrogens with zero attached hydrogens (tertiary/aromatic N) is 1. The predicted molar refractivity (Wildman–Crippen MR) is 83.6 cm³/mol. The summed E-state index contributed by atoms with van der Waals surface area (Å²) >= 11 is 1.62. The molecule has 1 aromatic rings. The van der Waals surface area contributed by atoms with Crippen LogP contribution < -0.4 is 4.74 Å². The van der Waals surface area contributed by atoms with Gasteiger partial charge in [-0.05, 0) is 25.5 Å². The Morgan fingerprint density at radius 2 is 2.22 bits per heavy atom. The van der Waals surface area contributed by atoms with Crippen LogP contribution in [-0.4, -0.2) is 46.7 Å². The van der Waals surface area contributed by atoms with Gasteiger partial charge in [-0.1, -0.05) is 12.1 Å². The molecule has 0 bridgehead atoms. The van der Waals surface area contributed by atoms with Crippen LogP contribution in [0.25, 0.3) is 0 Å². The van der Waals surface area contributed by atoms with E-state index >= 15 is 0 Å². The van der Waals surface area contributed by atoms with E-state index < -0.39 is 17.8 Å². The average Bonchev–Trinajstić information content (AvgIpc) is 3.02. The number of rotatable bonds is 5. The number of amides is 1. The summed E-state index contributed by atoms with van der Waals surface area (Å²) in [7, 11) is 0. The minimum atomic E-state index is -0.534. The molecule has 23 heavy (non-hydrogen) atoms. The van der Waals surface area contributed by atoms with Gasteiger partial charge in [0.25, 0.3) is 0 Å². The van der Waals surface area contributed by atoms with E-state index in [0.29, 0.717) is 12.2 Å². The van der Waals surface area contributed by atoms with Gasteiger partial charge in [0.15, 0.2) is 11.6 Å². The number of esters is 1. The van der Waals surface area contributed by atoms with Crippen molar-refractivity contribution in [3.63, 3.8) is 0 Å². The zero-order valence-corrected chi connectivity index (χ0v) is 13.6. The maximum Gasteiger partial charge on any atom is 0.329 e. The highest BCUT2D eigenvalue weighted by Crippen LogP contribution is 2.47. The lowest BCUT2D eigenvalue weighted by molar-refractivity contribution is -0.154. The van der Waals surface area contributed by atoms with Gasteiger partial charge in [0.05, 0.1) is 4.87 Å². The van der Waals surface area contributed by atoms with Gasteiger partial charge in [-0.3, -0.25) is 4.79 Å². The molecular weight excluding hydrogens is 321 g/mol. The SMILES string of the molecule is CC12CCC(=O)N1C(C(=O)OCCOc1ccccc1F)CS2. The Labute approximate surface area is 138 Å². The number of carbonyl (C=O) groups excluding carboxylic acids is 2. The second-order valence-electron chi connectivity index (χ2n) is 5.71. The van der Waals surface area contributed by atoms with E-state index in [1.54, 1.807) is 28.8 Å². The summed E-state index contributed by atoms with van der Waals surface area (Å²) in [4.78, 5) is 25.5. The van der Waals surface area contributed by atoms with Crippen LogP contribution in [0.1, 0.15) is 19.8 Å². The Morgan fingerprint density at radius 1 is 1.43 bits per heavy atom. The van der Waals surface area contributed by atoms with E-state index in [1.165, 1.54) is 12.1 Å². The third-order valence-electron chi connectivity index (χ3n) is 4.14. The van der Waals surface area contributed by atoms with Gasteiger partial charge in [-0.25, -0.2) is 9.18 Å². The van der Waals surface area contributed by atoms with Crippen molar-refractivity contribution in [3.8, 4) is 5.75 Å². The standard InChI is InChI=1S/C16H18FNO4S/c1-16-7-6-14(19)18(16)12(10-23-16)15(20)22-9-8-21-13-5-3-2-4-11(13)17/h2-5,12H,6-10H2,1H3. The molecule has 3 rings (SSSR count). The van der Waals surface area contributed by atoms with E-state index in [0.717, 1.165) is 6.42 Å². The normalized spacial score (nSPS) is 26.3. The molecule has 2 saturated heterocycles. The fourth-order valence-electron chi connectivity index (χ4n) is 2.95. The minimum Gasteiger partial charge on any atom is -0.487 e. The summed E-state index contributed by atoms with van der Waals surface area (Å²) in [6.45, 7) is 2.07. The van der Waals surface area contributed by atoms with Gasteiger partial charge < -0.3 is 14.4 Å². The molecule has 0 radical (unpaired) electrons. The van der Waals surface area contributed by atoms with E-state index in [9.17, 15) is 14.0 Å². The highest BCUT2D eigenvalue weighted by atomic mass is 32.2. The molecular formula is C16H18FNO4S. The van der Waals surface area contributed by atoms with Crippen LogP contribution in [0.15, 0.2) is 24.3 Å². The summed E-state index contributed by atoms with van der Waals surface area (Å²) in [5, 5.41) is 0. The molecule has 0 aliphatic carbocycles. The summed E-state index contributed by atoms with van der Waals surface area (Å²) < 4.78 is 23.8. The lowest BCUT2D eigenvalue weighted by Crippen LogP contribution is -2.46. The smallest absolute Gasteiger partial charge is 0.329 e. The first kappa shape index (κ1) is 16.1. The molecule has 2 fully saturated rings. The highest BCUT2D eigenvalue weighted by Gasteiger charge is 2.53. The van der Waals surface area contributed by atoms with Gasteiger partial charge in [0, 0.05) is 12.2 Å². The number of halogens is 1. The van der Waals surface area contributed by atoms with E-state index in [4.69, 9.17) is 9.47 Å². The molecule has 0 spiro atoms. The quantitative estimate of drug-likeness (QED) is 0.608. The third-order valence-corrected chi connectivity index (χ3v) is 5.64. The fourth-order valence-corrected chi connectivity index (χ4v) is 4.36. The zero-order chi connectivity index (χ0) is 16.4. The molecule has 1 amide bonds. The second-order valence-corrected chi connectivity index (χ2v) is 7.21. The number of carbonyl (C=O) groups is 2. The molecule has 0 saturated carbocycles. The molecule has 1 aromatic carbocycles. The number of hydrogen-bond acceptors (Lipinski definition) is 5. The van der Waals surface area contributed by atoms with Gasteiger partial charge in [0.1, 0.15) is 19.3 Å². The Bertz CT molecular complexity index is 626. The molecule has 124 valence electrons. The number of ether oxygens (including phenoxy) is 2. The third kappa shape index (κ3) is 3.15. The summed E-state index contributed by atoms with van der Waals surface area (Å²) in [5.41, 5.74) is 0. The van der Waals surface area contributed by atoms with Gasteiger partial charge >= 0.3 is 5.97 Å². The van der Waals surface area contributed by atoms with Crippen molar-refractivity contribution >= 4 is 23.6 Å². The topological polar surface area (TPSA) is 55.8 Å². The first-order valence-corrected chi connectivity index (χ1v) is 8.50. The van der Waals surface area contributed by atoms with Gasteiger partial charge in [-0.2, -0.15) is 0 Å². The predicted octanol–water partition coefficient (Wildman–Crippen LogP) is 2.20. The van der Waals surface area contributed by atoms with Crippen molar-refractivity contribution in [1.82, 2.24) is 4.90 Å². The van der Waals surface area contributed by atoms with Crippen molar-refractivity contribution in [2.24, 2.45) is 0 Å². The largest absolute Gasteiger partial charge is 0.487 e.